The Morgan fingerprint density at radius 2 is 1.20 bits per heavy atom. The van der Waals surface area contributed by atoms with Crippen molar-refractivity contribution >= 4 is 12.4 Å². The van der Waals surface area contributed by atoms with Crippen molar-refractivity contribution in [1.29, 1.82) is 0 Å². The SMILES string of the molecule is C1C[N]([Zn][N]2CCC2)C1.Cl. The zero-order chi connectivity index (χ0) is 6.10. The molecule has 4 heteroatoms. The van der Waals surface area contributed by atoms with Crippen molar-refractivity contribution in [2.75, 3.05) is 26.2 Å². The molecule has 2 saturated heterocycles. The molecule has 0 spiro atoms. The zero-order valence-electron chi connectivity index (χ0n) is 6.25. The van der Waals surface area contributed by atoms with Gasteiger partial charge in [0.1, 0.15) is 0 Å². The van der Waals surface area contributed by atoms with Gasteiger partial charge in [0.15, 0.2) is 0 Å². The van der Waals surface area contributed by atoms with Crippen molar-refractivity contribution in [3.63, 3.8) is 0 Å². The second kappa shape index (κ2) is 4.01. The first-order chi connectivity index (χ1) is 4.45. The first kappa shape index (κ1) is 8.93. The van der Waals surface area contributed by atoms with E-state index in [-0.39, 0.29) is 30.0 Å². The van der Waals surface area contributed by atoms with Gasteiger partial charge >= 0.3 is 63.9 Å². The molecule has 0 unspecified atom stereocenters. The number of hydrogen-bond acceptors (Lipinski definition) is 2. The fraction of sp³-hybridized carbons (Fsp3) is 1.00. The molecule has 2 fully saturated rings. The number of nitrogens with zero attached hydrogens (tertiary/aromatic N) is 2. The van der Waals surface area contributed by atoms with Crippen LogP contribution < -0.4 is 0 Å². The van der Waals surface area contributed by atoms with Crippen molar-refractivity contribution in [3.05, 3.63) is 0 Å². The minimum absolute atomic E-state index is 0. The van der Waals surface area contributed by atoms with Gasteiger partial charge in [-0.2, -0.15) is 0 Å². The summed E-state index contributed by atoms with van der Waals surface area (Å²) in [6, 6.07) is 0. The summed E-state index contributed by atoms with van der Waals surface area (Å²) in [5.41, 5.74) is 0. The molecule has 0 N–H and O–H groups in total. The van der Waals surface area contributed by atoms with Gasteiger partial charge in [-0.1, -0.05) is 0 Å². The molecular formula is C6H13ClN2Zn. The Balaban J connectivity index is 0.000000500. The van der Waals surface area contributed by atoms with Gasteiger partial charge < -0.3 is 0 Å². The smallest absolute Gasteiger partial charge is 0.147 e. The van der Waals surface area contributed by atoms with Crippen LogP contribution in [0.2, 0.25) is 0 Å². The predicted molar refractivity (Wildman–Crippen MR) is 39.6 cm³/mol. The molecule has 2 heterocycles. The van der Waals surface area contributed by atoms with Crippen LogP contribution in [0.4, 0.5) is 0 Å². The number of hydrogen-bond donors (Lipinski definition) is 0. The summed E-state index contributed by atoms with van der Waals surface area (Å²) >= 11 is -0.302. The normalized spacial score (nSPS) is 25.6. The molecule has 2 aliphatic heterocycles. The van der Waals surface area contributed by atoms with Gasteiger partial charge in [0, 0.05) is 0 Å². The van der Waals surface area contributed by atoms with E-state index in [4.69, 9.17) is 0 Å². The van der Waals surface area contributed by atoms with Crippen LogP contribution in [0.1, 0.15) is 12.8 Å². The van der Waals surface area contributed by atoms with Crippen LogP contribution in [0.25, 0.3) is 0 Å². The van der Waals surface area contributed by atoms with E-state index in [1.165, 1.54) is 39.0 Å². The van der Waals surface area contributed by atoms with E-state index in [1.54, 1.807) is 0 Å². The zero-order valence-corrected chi connectivity index (χ0v) is 10.0. The number of rotatable bonds is 2. The average molecular weight is 214 g/mol. The Morgan fingerprint density at radius 3 is 1.40 bits per heavy atom. The summed E-state index contributed by atoms with van der Waals surface area (Å²) in [4.78, 5) is 0. The Hall–Kier alpha value is 0.833. The van der Waals surface area contributed by atoms with Gasteiger partial charge in [-0.15, -0.1) is 12.4 Å². The maximum atomic E-state index is 2.70. The van der Waals surface area contributed by atoms with Crippen LogP contribution in [0.5, 0.6) is 0 Å². The van der Waals surface area contributed by atoms with E-state index in [0.717, 1.165) is 0 Å². The van der Waals surface area contributed by atoms with Crippen molar-refractivity contribution < 1.29 is 17.6 Å². The van der Waals surface area contributed by atoms with Gasteiger partial charge in [0.2, 0.25) is 0 Å². The van der Waals surface area contributed by atoms with Crippen LogP contribution in [-0.4, -0.2) is 33.5 Å². The standard InChI is InChI=1S/2C3H6N.ClH.Zn/c2*1-2-4-3-1;;/h2*1-3H2;1H;/q2*-1;;+2. The molecule has 0 bridgehead atoms. The molecule has 2 aliphatic rings. The Labute approximate surface area is 76.5 Å². The van der Waals surface area contributed by atoms with Gasteiger partial charge in [0.25, 0.3) is 0 Å². The third-order valence-electron chi connectivity index (χ3n) is 2.30. The van der Waals surface area contributed by atoms with Gasteiger partial charge in [-0.25, -0.2) is 0 Å². The van der Waals surface area contributed by atoms with Crippen LogP contribution in [0, 0.1) is 0 Å². The van der Waals surface area contributed by atoms with Gasteiger partial charge in [0.05, 0.1) is 0 Å². The first-order valence-electron chi connectivity index (χ1n) is 3.90. The van der Waals surface area contributed by atoms with Crippen molar-refractivity contribution in [1.82, 2.24) is 7.29 Å². The van der Waals surface area contributed by atoms with Crippen LogP contribution >= 0.6 is 12.4 Å². The predicted octanol–water partition coefficient (Wildman–Crippen LogP) is 0.732. The molecule has 2 rings (SSSR count). The fourth-order valence-electron chi connectivity index (χ4n) is 1.33. The summed E-state index contributed by atoms with van der Waals surface area (Å²) in [6.07, 6.45) is 2.94. The van der Waals surface area contributed by atoms with Crippen LogP contribution in [0.3, 0.4) is 0 Å². The molecule has 0 saturated carbocycles. The molecule has 0 amide bonds. The minimum atomic E-state index is -0.302. The molecule has 0 radical (unpaired) electrons. The first-order valence-corrected chi connectivity index (χ1v) is 6.55. The van der Waals surface area contributed by atoms with Crippen molar-refractivity contribution in [3.8, 4) is 0 Å². The van der Waals surface area contributed by atoms with E-state index in [9.17, 15) is 0 Å². The molecule has 0 aromatic rings. The molecular weight excluding hydrogens is 201 g/mol. The molecule has 10 heavy (non-hydrogen) atoms. The second-order valence-electron chi connectivity index (χ2n) is 3.08. The topological polar surface area (TPSA) is 6.48 Å². The summed E-state index contributed by atoms with van der Waals surface area (Å²) in [7, 11) is 0. The van der Waals surface area contributed by atoms with E-state index < -0.39 is 0 Å². The maximum Gasteiger partial charge on any atom is -0.147 e. The molecule has 0 aromatic carbocycles. The second-order valence-corrected chi connectivity index (χ2v) is 7.43. The van der Waals surface area contributed by atoms with E-state index in [0.29, 0.717) is 0 Å². The van der Waals surface area contributed by atoms with Gasteiger partial charge in [-0.3, -0.25) is 0 Å². The fourth-order valence-corrected chi connectivity index (χ4v) is 5.58. The van der Waals surface area contributed by atoms with Crippen molar-refractivity contribution in [2.45, 2.75) is 12.8 Å². The van der Waals surface area contributed by atoms with Gasteiger partial charge in [-0.05, 0) is 0 Å². The Morgan fingerprint density at radius 1 is 0.800 bits per heavy atom. The summed E-state index contributed by atoms with van der Waals surface area (Å²) in [5, 5.41) is 0. The van der Waals surface area contributed by atoms with Crippen LogP contribution in [-0.2, 0) is 17.6 Å². The molecule has 56 valence electrons. The quantitative estimate of drug-likeness (QED) is 0.625. The number of halogens is 1. The summed E-state index contributed by atoms with van der Waals surface area (Å²) < 4.78 is 5.40. The van der Waals surface area contributed by atoms with Crippen LogP contribution in [0.15, 0.2) is 0 Å². The Kier molecular flexibility index (Phi) is 3.58. The third-order valence-corrected chi connectivity index (χ3v) is 6.63. The van der Waals surface area contributed by atoms with Crippen molar-refractivity contribution in [2.24, 2.45) is 0 Å². The summed E-state index contributed by atoms with van der Waals surface area (Å²) in [6.45, 7) is 5.71. The molecule has 2 nitrogen and oxygen atoms in total. The summed E-state index contributed by atoms with van der Waals surface area (Å²) in [5.74, 6) is 0. The van der Waals surface area contributed by atoms with E-state index in [1.807, 2.05) is 0 Å². The molecule has 0 atom stereocenters. The Bertz CT molecular complexity index is 91.9. The largest absolute Gasteiger partial charge is 0.147 e. The molecule has 0 aliphatic carbocycles. The van der Waals surface area contributed by atoms with E-state index >= 15 is 0 Å². The molecule has 0 aromatic heterocycles. The average Bonchev–Trinajstić information content (AvgIpc) is 1.57. The maximum absolute atomic E-state index is 2.70. The third kappa shape index (κ3) is 1.91. The monoisotopic (exact) mass is 212 g/mol. The minimum Gasteiger partial charge on any atom is -0.147 e. The van der Waals surface area contributed by atoms with E-state index in [2.05, 4.69) is 7.29 Å².